The summed E-state index contributed by atoms with van der Waals surface area (Å²) in [6.45, 7) is 2.65. The molecule has 0 fully saturated rings. The number of benzene rings is 2. The van der Waals surface area contributed by atoms with E-state index in [1.54, 1.807) is 0 Å². The summed E-state index contributed by atoms with van der Waals surface area (Å²) < 4.78 is 5.96. The lowest BCUT2D eigenvalue weighted by molar-refractivity contribution is -0.142. The largest absolute Gasteiger partial charge is 0.489 e. The maximum Gasteiger partial charge on any atom is 0.306 e. The molecule has 0 amide bonds. The maximum atomic E-state index is 11.6. The van der Waals surface area contributed by atoms with Crippen molar-refractivity contribution in [3.8, 4) is 5.75 Å². The molecule has 1 heterocycles. The molecule has 3 aromatic rings. The van der Waals surface area contributed by atoms with Gasteiger partial charge in [-0.3, -0.25) is 4.79 Å². The van der Waals surface area contributed by atoms with Crippen LogP contribution in [0.25, 0.3) is 10.9 Å². The second-order valence-corrected chi connectivity index (χ2v) is 7.08. The number of aliphatic carboxylic acids is 1. The number of hydrogen-bond acceptors (Lipinski definition) is 2. The number of nitrogens with one attached hydrogen (secondary N) is 1. The Morgan fingerprint density at radius 2 is 2.04 bits per heavy atom. The number of aromatic amines is 1. The van der Waals surface area contributed by atoms with Gasteiger partial charge in [-0.25, -0.2) is 0 Å². The van der Waals surface area contributed by atoms with E-state index in [-0.39, 0.29) is 11.8 Å². The molecule has 0 spiro atoms. The molecule has 4 heteroatoms. The van der Waals surface area contributed by atoms with E-state index in [9.17, 15) is 9.90 Å². The minimum absolute atomic E-state index is 0.279. The van der Waals surface area contributed by atoms with Crippen LogP contribution >= 0.6 is 0 Å². The highest BCUT2D eigenvalue weighted by Crippen LogP contribution is 2.41. The van der Waals surface area contributed by atoms with E-state index in [1.165, 1.54) is 5.69 Å². The smallest absolute Gasteiger partial charge is 0.306 e. The molecule has 2 unspecified atom stereocenters. The SMILES string of the molecule is CCC1CC(C(=O)O)Cc2c1[nH]c1ccc(OCc3ccccc3)cc21. The van der Waals surface area contributed by atoms with Crippen LogP contribution < -0.4 is 4.74 Å². The molecule has 1 aliphatic carbocycles. The number of carboxylic acids is 1. The molecule has 2 atom stereocenters. The Kier molecular flexibility index (Phi) is 4.41. The first kappa shape index (κ1) is 16.7. The summed E-state index contributed by atoms with van der Waals surface area (Å²) >= 11 is 0. The molecule has 2 N–H and O–H groups in total. The first-order valence-corrected chi connectivity index (χ1v) is 9.19. The van der Waals surface area contributed by atoms with Crippen molar-refractivity contribution in [1.82, 2.24) is 4.98 Å². The molecular formula is C22H23NO3. The Balaban J connectivity index is 1.65. The van der Waals surface area contributed by atoms with E-state index in [0.29, 0.717) is 19.4 Å². The Morgan fingerprint density at radius 3 is 2.77 bits per heavy atom. The number of carboxylic acid groups (broad SMARTS) is 1. The van der Waals surface area contributed by atoms with Crippen molar-refractivity contribution in [1.29, 1.82) is 0 Å². The summed E-state index contributed by atoms with van der Waals surface area (Å²) in [6, 6.07) is 16.1. The van der Waals surface area contributed by atoms with Crippen molar-refractivity contribution < 1.29 is 14.6 Å². The first-order chi connectivity index (χ1) is 12.7. The highest BCUT2D eigenvalue weighted by atomic mass is 16.5. The molecule has 0 radical (unpaired) electrons. The van der Waals surface area contributed by atoms with Gasteiger partial charge < -0.3 is 14.8 Å². The molecule has 2 aromatic carbocycles. The van der Waals surface area contributed by atoms with Crippen molar-refractivity contribution in [2.45, 2.75) is 38.7 Å². The van der Waals surface area contributed by atoms with Crippen molar-refractivity contribution in [2.24, 2.45) is 5.92 Å². The summed E-state index contributed by atoms with van der Waals surface area (Å²) in [6.07, 6.45) is 2.24. The van der Waals surface area contributed by atoms with Gasteiger partial charge in [0.25, 0.3) is 0 Å². The number of ether oxygens (including phenoxy) is 1. The molecule has 134 valence electrons. The zero-order valence-corrected chi connectivity index (χ0v) is 14.9. The zero-order valence-electron chi connectivity index (χ0n) is 14.9. The van der Waals surface area contributed by atoms with Crippen molar-refractivity contribution >= 4 is 16.9 Å². The standard InChI is InChI=1S/C22H23NO3/c1-2-15-10-16(22(24)25)11-19-18-12-17(8-9-20(18)23-21(15)19)26-13-14-6-4-3-5-7-14/h3-9,12,15-16,23H,2,10-11,13H2,1H3,(H,24,25). The second-order valence-electron chi connectivity index (χ2n) is 7.08. The third kappa shape index (κ3) is 3.07. The van der Waals surface area contributed by atoms with Crippen LogP contribution in [0.2, 0.25) is 0 Å². The fourth-order valence-corrected chi connectivity index (χ4v) is 4.00. The minimum Gasteiger partial charge on any atom is -0.489 e. The van der Waals surface area contributed by atoms with Crippen LogP contribution in [0.1, 0.15) is 42.5 Å². The summed E-state index contributed by atoms with van der Waals surface area (Å²) in [7, 11) is 0. The predicted octanol–water partition coefficient (Wildman–Crippen LogP) is 4.89. The molecule has 0 saturated heterocycles. The van der Waals surface area contributed by atoms with Crippen LogP contribution in [0.3, 0.4) is 0 Å². The third-order valence-corrected chi connectivity index (χ3v) is 5.43. The Hall–Kier alpha value is -2.75. The number of carbonyl (C=O) groups is 1. The lowest BCUT2D eigenvalue weighted by Crippen LogP contribution is -2.24. The highest BCUT2D eigenvalue weighted by Gasteiger charge is 2.32. The summed E-state index contributed by atoms with van der Waals surface area (Å²) in [5, 5.41) is 10.6. The van der Waals surface area contributed by atoms with Crippen molar-refractivity contribution in [2.75, 3.05) is 0 Å². The minimum atomic E-state index is -0.695. The van der Waals surface area contributed by atoms with Crippen molar-refractivity contribution in [3.63, 3.8) is 0 Å². The topological polar surface area (TPSA) is 62.3 Å². The predicted molar refractivity (Wildman–Crippen MR) is 102 cm³/mol. The van der Waals surface area contributed by atoms with Crippen LogP contribution in [-0.2, 0) is 17.8 Å². The number of rotatable bonds is 5. The van der Waals surface area contributed by atoms with Gasteiger partial charge in [-0.15, -0.1) is 0 Å². The first-order valence-electron chi connectivity index (χ1n) is 9.19. The van der Waals surface area contributed by atoms with Gasteiger partial charge >= 0.3 is 5.97 Å². The molecule has 0 saturated carbocycles. The number of aromatic nitrogens is 1. The summed E-state index contributed by atoms with van der Waals surface area (Å²) in [5.74, 6) is 0.0925. The van der Waals surface area contributed by atoms with Crippen LogP contribution in [0.15, 0.2) is 48.5 Å². The van der Waals surface area contributed by atoms with Crippen molar-refractivity contribution in [3.05, 3.63) is 65.4 Å². The fraction of sp³-hybridized carbons (Fsp3) is 0.318. The second kappa shape index (κ2) is 6.87. The van der Waals surface area contributed by atoms with E-state index in [4.69, 9.17) is 4.74 Å². The number of fused-ring (bicyclic) bond motifs is 3. The zero-order chi connectivity index (χ0) is 18.1. The summed E-state index contributed by atoms with van der Waals surface area (Å²) in [5.41, 5.74) is 4.54. The van der Waals surface area contributed by atoms with Gasteiger partial charge in [0.05, 0.1) is 5.92 Å². The Morgan fingerprint density at radius 1 is 1.23 bits per heavy atom. The molecule has 1 aliphatic rings. The van der Waals surface area contributed by atoms with Crippen LogP contribution in [0.4, 0.5) is 0 Å². The van der Waals surface area contributed by atoms with Gasteiger partial charge in [-0.05, 0) is 54.5 Å². The van der Waals surface area contributed by atoms with Gasteiger partial charge in [-0.2, -0.15) is 0 Å². The normalized spacial score (nSPS) is 19.3. The highest BCUT2D eigenvalue weighted by molar-refractivity contribution is 5.87. The lowest BCUT2D eigenvalue weighted by atomic mass is 9.78. The molecular weight excluding hydrogens is 326 g/mol. The average Bonchev–Trinajstić information content (AvgIpc) is 3.04. The van der Waals surface area contributed by atoms with Crippen LogP contribution in [0.5, 0.6) is 5.75 Å². The van der Waals surface area contributed by atoms with Gasteiger partial charge in [0.15, 0.2) is 0 Å². The van der Waals surface area contributed by atoms with Gasteiger partial charge in [-0.1, -0.05) is 37.3 Å². The quantitative estimate of drug-likeness (QED) is 0.689. The molecule has 26 heavy (non-hydrogen) atoms. The summed E-state index contributed by atoms with van der Waals surface area (Å²) in [4.78, 5) is 15.1. The molecule has 1 aromatic heterocycles. The van der Waals surface area contributed by atoms with E-state index >= 15 is 0 Å². The van der Waals surface area contributed by atoms with E-state index in [1.807, 2.05) is 48.5 Å². The van der Waals surface area contributed by atoms with Gasteiger partial charge in [0.1, 0.15) is 12.4 Å². The Labute approximate surface area is 152 Å². The Bertz CT molecular complexity index is 929. The monoisotopic (exact) mass is 349 g/mol. The van der Waals surface area contributed by atoms with E-state index in [2.05, 4.69) is 11.9 Å². The van der Waals surface area contributed by atoms with Crippen LogP contribution in [0, 0.1) is 5.92 Å². The molecule has 4 nitrogen and oxygen atoms in total. The number of hydrogen-bond donors (Lipinski definition) is 2. The fourth-order valence-electron chi connectivity index (χ4n) is 4.00. The molecule has 0 bridgehead atoms. The van der Waals surface area contributed by atoms with Crippen LogP contribution in [-0.4, -0.2) is 16.1 Å². The third-order valence-electron chi connectivity index (χ3n) is 5.43. The van der Waals surface area contributed by atoms with Gasteiger partial charge in [0.2, 0.25) is 0 Å². The van der Waals surface area contributed by atoms with Gasteiger partial charge in [0, 0.05) is 16.6 Å². The van der Waals surface area contributed by atoms with E-state index < -0.39 is 5.97 Å². The average molecular weight is 349 g/mol. The number of H-pyrrole nitrogens is 1. The van der Waals surface area contributed by atoms with E-state index in [0.717, 1.165) is 34.2 Å². The molecule has 0 aliphatic heterocycles. The molecule has 4 rings (SSSR count). The maximum absolute atomic E-state index is 11.6. The lowest BCUT2D eigenvalue weighted by Gasteiger charge is -2.26.